The first-order chi connectivity index (χ1) is 7.31. The van der Waals surface area contributed by atoms with Gasteiger partial charge in [0.1, 0.15) is 6.04 Å². The summed E-state index contributed by atoms with van der Waals surface area (Å²) in [7, 11) is 1.43. The lowest BCUT2D eigenvalue weighted by Gasteiger charge is -2.12. The predicted octanol–water partition coefficient (Wildman–Crippen LogP) is 1.65. The van der Waals surface area contributed by atoms with Crippen LogP contribution in [-0.4, -0.2) is 19.1 Å². The average molecular weight is 205 g/mol. The van der Waals surface area contributed by atoms with Gasteiger partial charge in [-0.1, -0.05) is 30.3 Å². The Morgan fingerprint density at radius 1 is 1.33 bits per heavy atom. The molecular formula is C12H15NO2. The molecule has 1 N–H and O–H groups in total. The fourth-order valence-corrected chi connectivity index (χ4v) is 2.02. The van der Waals surface area contributed by atoms with Gasteiger partial charge in [-0.05, 0) is 18.4 Å². The van der Waals surface area contributed by atoms with E-state index in [0.29, 0.717) is 0 Å². The lowest BCUT2D eigenvalue weighted by Crippen LogP contribution is -2.33. The molecule has 0 unspecified atom stereocenters. The van der Waals surface area contributed by atoms with E-state index in [1.807, 2.05) is 18.2 Å². The van der Waals surface area contributed by atoms with Crippen LogP contribution in [0.15, 0.2) is 30.3 Å². The Hall–Kier alpha value is -1.35. The van der Waals surface area contributed by atoms with Gasteiger partial charge in [0.05, 0.1) is 7.11 Å². The van der Waals surface area contributed by atoms with Crippen LogP contribution in [0, 0.1) is 0 Å². The first-order valence-corrected chi connectivity index (χ1v) is 5.20. The molecule has 2 atom stereocenters. The first-order valence-electron chi connectivity index (χ1n) is 5.20. The van der Waals surface area contributed by atoms with Gasteiger partial charge >= 0.3 is 5.97 Å². The van der Waals surface area contributed by atoms with Crippen LogP contribution >= 0.6 is 0 Å². The van der Waals surface area contributed by atoms with Crippen LogP contribution in [0.2, 0.25) is 0 Å². The van der Waals surface area contributed by atoms with Gasteiger partial charge in [0, 0.05) is 6.04 Å². The highest BCUT2D eigenvalue weighted by Gasteiger charge is 2.30. The third-order valence-corrected chi connectivity index (χ3v) is 2.83. The molecule has 3 nitrogen and oxygen atoms in total. The van der Waals surface area contributed by atoms with E-state index in [-0.39, 0.29) is 18.1 Å². The maximum Gasteiger partial charge on any atom is 0.322 e. The van der Waals surface area contributed by atoms with Crippen LogP contribution in [0.5, 0.6) is 0 Å². The van der Waals surface area contributed by atoms with Crippen LogP contribution in [0.3, 0.4) is 0 Å². The van der Waals surface area contributed by atoms with Gasteiger partial charge in [0.25, 0.3) is 0 Å². The molecule has 15 heavy (non-hydrogen) atoms. The van der Waals surface area contributed by atoms with Gasteiger partial charge in [-0.25, -0.2) is 0 Å². The van der Waals surface area contributed by atoms with E-state index in [9.17, 15) is 4.79 Å². The zero-order valence-electron chi connectivity index (χ0n) is 8.77. The first kappa shape index (κ1) is 10.2. The molecule has 0 bridgehead atoms. The third-order valence-electron chi connectivity index (χ3n) is 2.83. The maximum atomic E-state index is 11.3. The van der Waals surface area contributed by atoms with Crippen molar-refractivity contribution in [2.24, 2.45) is 0 Å². The third kappa shape index (κ3) is 2.18. The second-order valence-corrected chi connectivity index (χ2v) is 3.78. The van der Waals surface area contributed by atoms with E-state index >= 15 is 0 Å². The molecule has 0 spiro atoms. The molecule has 0 radical (unpaired) electrons. The second-order valence-electron chi connectivity index (χ2n) is 3.78. The Morgan fingerprint density at radius 2 is 2.07 bits per heavy atom. The van der Waals surface area contributed by atoms with Gasteiger partial charge in [-0.3, -0.25) is 10.1 Å². The number of hydrogen-bond acceptors (Lipinski definition) is 3. The van der Waals surface area contributed by atoms with E-state index in [1.165, 1.54) is 12.7 Å². The molecule has 1 saturated heterocycles. The number of rotatable bonds is 2. The van der Waals surface area contributed by atoms with E-state index in [0.717, 1.165) is 12.8 Å². The summed E-state index contributed by atoms with van der Waals surface area (Å²) in [5.41, 5.74) is 1.24. The summed E-state index contributed by atoms with van der Waals surface area (Å²) < 4.78 is 4.72. The lowest BCUT2D eigenvalue weighted by atomic mass is 10.1. The fraction of sp³-hybridized carbons (Fsp3) is 0.417. The number of methoxy groups -OCH3 is 1. The molecule has 0 aliphatic carbocycles. The van der Waals surface area contributed by atoms with Crippen LogP contribution < -0.4 is 5.32 Å². The van der Waals surface area contributed by atoms with Gasteiger partial charge in [0.2, 0.25) is 0 Å². The highest BCUT2D eigenvalue weighted by atomic mass is 16.5. The van der Waals surface area contributed by atoms with Crippen molar-refractivity contribution in [1.82, 2.24) is 5.32 Å². The summed E-state index contributed by atoms with van der Waals surface area (Å²) in [5.74, 6) is -0.159. The Bertz CT molecular complexity index is 337. The molecule has 0 saturated carbocycles. The zero-order valence-corrected chi connectivity index (χ0v) is 8.77. The Balaban J connectivity index is 2.02. The Kier molecular flexibility index (Phi) is 3.02. The predicted molar refractivity (Wildman–Crippen MR) is 57.4 cm³/mol. The van der Waals surface area contributed by atoms with Crippen molar-refractivity contribution in [2.75, 3.05) is 7.11 Å². The average Bonchev–Trinajstić information content (AvgIpc) is 2.78. The number of carbonyl (C=O) groups is 1. The largest absolute Gasteiger partial charge is 0.468 e. The van der Waals surface area contributed by atoms with Crippen molar-refractivity contribution in [2.45, 2.75) is 24.9 Å². The van der Waals surface area contributed by atoms with Gasteiger partial charge in [-0.15, -0.1) is 0 Å². The van der Waals surface area contributed by atoms with E-state index in [2.05, 4.69) is 17.4 Å². The number of ether oxygens (including phenoxy) is 1. The molecular weight excluding hydrogens is 190 g/mol. The highest BCUT2D eigenvalue weighted by molar-refractivity contribution is 5.76. The van der Waals surface area contributed by atoms with Crippen molar-refractivity contribution in [3.63, 3.8) is 0 Å². The molecule has 0 aromatic heterocycles. The SMILES string of the molecule is COC(=O)[C@@H]1CC[C@@H](c2ccccc2)N1. The van der Waals surface area contributed by atoms with Crippen molar-refractivity contribution in [1.29, 1.82) is 0 Å². The fourth-order valence-electron chi connectivity index (χ4n) is 2.02. The second kappa shape index (κ2) is 4.45. The summed E-state index contributed by atoms with van der Waals surface area (Å²) >= 11 is 0. The van der Waals surface area contributed by atoms with Crippen LogP contribution in [-0.2, 0) is 9.53 Å². The van der Waals surface area contributed by atoms with Crippen molar-refractivity contribution in [3.05, 3.63) is 35.9 Å². The molecule has 1 heterocycles. The molecule has 1 aromatic rings. The summed E-state index contributed by atoms with van der Waals surface area (Å²) in [6, 6.07) is 10.3. The minimum absolute atomic E-state index is 0.139. The Morgan fingerprint density at radius 3 is 2.73 bits per heavy atom. The lowest BCUT2D eigenvalue weighted by molar-refractivity contribution is -0.142. The highest BCUT2D eigenvalue weighted by Crippen LogP contribution is 2.26. The number of nitrogens with one attached hydrogen (secondary N) is 1. The quantitative estimate of drug-likeness (QED) is 0.746. The summed E-state index contributed by atoms with van der Waals surface area (Å²) in [6.07, 6.45) is 1.84. The molecule has 3 heteroatoms. The van der Waals surface area contributed by atoms with E-state index in [1.54, 1.807) is 0 Å². The minimum Gasteiger partial charge on any atom is -0.468 e. The van der Waals surface area contributed by atoms with Gasteiger partial charge in [0.15, 0.2) is 0 Å². The monoisotopic (exact) mass is 205 g/mol. The summed E-state index contributed by atoms with van der Waals surface area (Å²) in [6.45, 7) is 0. The molecule has 1 aromatic carbocycles. The van der Waals surface area contributed by atoms with Gasteiger partial charge < -0.3 is 4.74 Å². The van der Waals surface area contributed by atoms with Gasteiger partial charge in [-0.2, -0.15) is 0 Å². The van der Waals surface area contributed by atoms with Crippen LogP contribution in [0.25, 0.3) is 0 Å². The normalized spacial score (nSPS) is 25.1. The van der Waals surface area contributed by atoms with Crippen molar-refractivity contribution in [3.8, 4) is 0 Å². The number of hydrogen-bond donors (Lipinski definition) is 1. The molecule has 1 aliphatic rings. The smallest absolute Gasteiger partial charge is 0.322 e. The van der Waals surface area contributed by atoms with Crippen LogP contribution in [0.4, 0.5) is 0 Å². The van der Waals surface area contributed by atoms with Crippen molar-refractivity contribution < 1.29 is 9.53 Å². The molecule has 80 valence electrons. The van der Waals surface area contributed by atoms with E-state index in [4.69, 9.17) is 4.74 Å². The number of benzene rings is 1. The van der Waals surface area contributed by atoms with Crippen LogP contribution in [0.1, 0.15) is 24.4 Å². The summed E-state index contributed by atoms with van der Waals surface area (Å²) in [4.78, 5) is 11.3. The maximum absolute atomic E-state index is 11.3. The molecule has 1 aliphatic heterocycles. The van der Waals surface area contributed by atoms with Crippen molar-refractivity contribution >= 4 is 5.97 Å². The molecule has 1 fully saturated rings. The number of carbonyl (C=O) groups excluding carboxylic acids is 1. The standard InChI is InChI=1S/C12H15NO2/c1-15-12(14)11-8-7-10(13-11)9-5-3-2-4-6-9/h2-6,10-11,13H,7-8H2,1H3/t10-,11-/m0/s1. The molecule has 2 rings (SSSR count). The van der Waals surface area contributed by atoms with E-state index < -0.39 is 0 Å². The molecule has 0 amide bonds. The Labute approximate surface area is 89.4 Å². The minimum atomic E-state index is -0.159. The topological polar surface area (TPSA) is 38.3 Å². The number of esters is 1. The zero-order chi connectivity index (χ0) is 10.7. The summed E-state index contributed by atoms with van der Waals surface area (Å²) in [5, 5.41) is 3.28.